The zero-order valence-electron chi connectivity index (χ0n) is 11.2. The summed E-state index contributed by atoms with van der Waals surface area (Å²) >= 11 is 0. The maximum atomic E-state index is 12.6. The molecule has 0 radical (unpaired) electrons. The van der Waals surface area contributed by atoms with Gasteiger partial charge in [-0.2, -0.15) is 0 Å². The van der Waals surface area contributed by atoms with Gasteiger partial charge in [-0.05, 0) is 6.92 Å². The summed E-state index contributed by atoms with van der Waals surface area (Å²) in [6.45, 7) is 2.72. The van der Waals surface area contributed by atoms with E-state index in [2.05, 4.69) is 0 Å². The first kappa shape index (κ1) is 12.9. The third-order valence-corrected chi connectivity index (χ3v) is 3.70. The molecule has 1 aromatic rings. The van der Waals surface area contributed by atoms with Gasteiger partial charge < -0.3 is 18.9 Å². The molecule has 7 heteroatoms. The minimum atomic E-state index is -0.562. The van der Waals surface area contributed by atoms with Crippen molar-refractivity contribution in [2.75, 3.05) is 13.7 Å². The number of rotatable bonds is 2. The molecule has 2 aliphatic heterocycles. The third kappa shape index (κ3) is 1.59. The number of carbonyl (C=O) groups is 2. The van der Waals surface area contributed by atoms with Crippen LogP contribution in [-0.4, -0.2) is 47.6 Å². The monoisotopic (exact) mass is 278 g/mol. The fourth-order valence-corrected chi connectivity index (χ4v) is 2.75. The van der Waals surface area contributed by atoms with E-state index in [1.807, 2.05) is 6.92 Å². The van der Waals surface area contributed by atoms with Crippen LogP contribution in [0, 0.1) is 0 Å². The highest BCUT2D eigenvalue weighted by Crippen LogP contribution is 2.29. The molecular weight excluding hydrogens is 264 g/mol. The quantitative estimate of drug-likeness (QED) is 0.704. The van der Waals surface area contributed by atoms with Crippen molar-refractivity contribution in [3.63, 3.8) is 0 Å². The van der Waals surface area contributed by atoms with Gasteiger partial charge in [-0.15, -0.1) is 0 Å². The summed E-state index contributed by atoms with van der Waals surface area (Å²) in [5, 5.41) is 0. The largest absolute Gasteiger partial charge is 0.491 e. The van der Waals surface area contributed by atoms with Gasteiger partial charge in [0.2, 0.25) is 5.43 Å². The van der Waals surface area contributed by atoms with E-state index in [4.69, 9.17) is 9.47 Å². The van der Waals surface area contributed by atoms with Crippen LogP contribution in [0.2, 0.25) is 0 Å². The van der Waals surface area contributed by atoms with E-state index in [1.54, 1.807) is 9.47 Å². The smallest absolute Gasteiger partial charge is 0.276 e. The van der Waals surface area contributed by atoms with Crippen molar-refractivity contribution in [2.24, 2.45) is 0 Å². The highest BCUT2D eigenvalue weighted by Gasteiger charge is 2.42. The summed E-state index contributed by atoms with van der Waals surface area (Å²) in [5.41, 5.74) is -0.414. The number of ether oxygens (including phenoxy) is 2. The summed E-state index contributed by atoms with van der Waals surface area (Å²) < 4.78 is 12.2. The van der Waals surface area contributed by atoms with Crippen molar-refractivity contribution in [3.8, 4) is 5.75 Å². The topological polar surface area (TPSA) is 77.8 Å². The van der Waals surface area contributed by atoms with E-state index >= 15 is 0 Å². The minimum Gasteiger partial charge on any atom is -0.491 e. The fraction of sp³-hybridized carbons (Fsp3) is 0.462. The van der Waals surface area contributed by atoms with Crippen LogP contribution in [0.4, 0.5) is 0 Å². The van der Waals surface area contributed by atoms with Gasteiger partial charge in [0.05, 0.1) is 31.9 Å². The second-order valence-corrected chi connectivity index (χ2v) is 4.92. The van der Waals surface area contributed by atoms with Gasteiger partial charge in [-0.3, -0.25) is 14.4 Å². The van der Waals surface area contributed by atoms with Gasteiger partial charge >= 0.3 is 0 Å². The molecule has 2 atom stereocenters. The Morgan fingerprint density at radius 2 is 2.20 bits per heavy atom. The lowest BCUT2D eigenvalue weighted by Gasteiger charge is -2.33. The van der Waals surface area contributed by atoms with E-state index in [0.717, 1.165) is 0 Å². The summed E-state index contributed by atoms with van der Waals surface area (Å²) in [7, 11) is 1.31. The highest BCUT2D eigenvalue weighted by molar-refractivity contribution is 5.97. The number of nitrogens with zero attached hydrogens (tertiary/aromatic N) is 2. The van der Waals surface area contributed by atoms with Crippen molar-refractivity contribution in [1.82, 2.24) is 9.47 Å². The van der Waals surface area contributed by atoms with Crippen LogP contribution in [-0.2, 0) is 11.3 Å². The second-order valence-electron chi connectivity index (χ2n) is 4.92. The predicted molar refractivity (Wildman–Crippen MR) is 68.0 cm³/mol. The van der Waals surface area contributed by atoms with E-state index < -0.39 is 5.43 Å². The number of fused-ring (bicyclic) bond motifs is 2. The lowest BCUT2D eigenvalue weighted by atomic mass is 10.1. The molecule has 0 aliphatic carbocycles. The van der Waals surface area contributed by atoms with Gasteiger partial charge in [0.1, 0.15) is 0 Å². The Hall–Kier alpha value is -2.15. The van der Waals surface area contributed by atoms with Crippen LogP contribution in [0.1, 0.15) is 27.8 Å². The Morgan fingerprint density at radius 1 is 1.45 bits per heavy atom. The first-order chi connectivity index (χ1) is 9.58. The molecule has 20 heavy (non-hydrogen) atoms. The zero-order chi connectivity index (χ0) is 14.4. The number of methoxy groups -OCH3 is 1. The third-order valence-electron chi connectivity index (χ3n) is 3.70. The fourth-order valence-electron chi connectivity index (χ4n) is 2.75. The van der Waals surface area contributed by atoms with Gasteiger partial charge in [0, 0.05) is 6.20 Å². The maximum Gasteiger partial charge on any atom is 0.276 e. The van der Waals surface area contributed by atoms with Crippen molar-refractivity contribution < 1.29 is 19.1 Å². The van der Waals surface area contributed by atoms with E-state index in [1.165, 1.54) is 13.3 Å². The number of carbonyl (C=O) groups excluding carboxylic acids is 2. The first-order valence-electron chi connectivity index (χ1n) is 6.29. The molecule has 1 amide bonds. The SMILES string of the molecule is COc1c2n(cc(C=O)c1=O)CC1OCC(C)N1C2=O. The predicted octanol–water partition coefficient (Wildman–Crippen LogP) is -0.130. The van der Waals surface area contributed by atoms with E-state index in [9.17, 15) is 14.4 Å². The molecule has 0 bridgehead atoms. The maximum absolute atomic E-state index is 12.6. The molecule has 3 heterocycles. The molecule has 7 nitrogen and oxygen atoms in total. The average Bonchev–Trinajstić information content (AvgIpc) is 2.80. The summed E-state index contributed by atoms with van der Waals surface area (Å²) in [5.74, 6) is -0.394. The van der Waals surface area contributed by atoms with Crippen LogP contribution in [0.5, 0.6) is 5.75 Å². The van der Waals surface area contributed by atoms with Crippen LogP contribution in [0.15, 0.2) is 11.0 Å². The van der Waals surface area contributed by atoms with Gasteiger partial charge in [-0.1, -0.05) is 0 Å². The molecular formula is C13H14N2O5. The Labute approximate surface area is 114 Å². The van der Waals surface area contributed by atoms with Crippen molar-refractivity contribution in [1.29, 1.82) is 0 Å². The van der Waals surface area contributed by atoms with Crippen LogP contribution >= 0.6 is 0 Å². The molecule has 2 unspecified atom stereocenters. The molecule has 106 valence electrons. The molecule has 2 aliphatic rings. The number of pyridine rings is 1. The Kier molecular flexibility index (Phi) is 2.86. The summed E-state index contributed by atoms with van der Waals surface area (Å²) in [4.78, 5) is 37.2. The van der Waals surface area contributed by atoms with E-state index in [0.29, 0.717) is 19.4 Å². The first-order valence-corrected chi connectivity index (χ1v) is 6.29. The molecule has 1 fully saturated rings. The van der Waals surface area contributed by atoms with Gasteiger partial charge in [0.25, 0.3) is 5.91 Å². The molecule has 1 saturated heterocycles. The lowest BCUT2D eigenvalue weighted by Crippen LogP contribution is -2.49. The van der Waals surface area contributed by atoms with Crippen molar-refractivity contribution in [3.05, 3.63) is 27.7 Å². The lowest BCUT2D eigenvalue weighted by molar-refractivity contribution is 0.00625. The Morgan fingerprint density at radius 3 is 2.85 bits per heavy atom. The molecule has 0 aromatic carbocycles. The highest BCUT2D eigenvalue weighted by atomic mass is 16.5. The molecule has 3 rings (SSSR count). The standard InChI is InChI=1S/C13H14N2O5/c1-7-6-20-9-4-14-3-8(5-16)11(17)12(19-2)10(14)13(18)15(7)9/h3,5,7,9H,4,6H2,1-2H3. The summed E-state index contributed by atoms with van der Waals surface area (Å²) in [6, 6.07) is -0.0493. The van der Waals surface area contributed by atoms with Crippen LogP contribution in [0.3, 0.4) is 0 Å². The number of hydrogen-bond acceptors (Lipinski definition) is 5. The number of amides is 1. The van der Waals surface area contributed by atoms with Crippen molar-refractivity contribution >= 4 is 12.2 Å². The minimum absolute atomic E-state index is 0.0297. The van der Waals surface area contributed by atoms with Crippen LogP contribution < -0.4 is 10.2 Å². The normalized spacial score (nSPS) is 24.3. The number of hydrogen-bond donors (Lipinski definition) is 0. The zero-order valence-corrected chi connectivity index (χ0v) is 11.2. The second kappa shape index (κ2) is 4.45. The molecule has 0 N–H and O–H groups in total. The number of aromatic nitrogens is 1. The van der Waals surface area contributed by atoms with Crippen LogP contribution in [0.25, 0.3) is 0 Å². The molecule has 1 aromatic heterocycles. The molecule has 0 saturated carbocycles. The average molecular weight is 278 g/mol. The molecule has 0 spiro atoms. The van der Waals surface area contributed by atoms with Gasteiger partial charge in [-0.25, -0.2) is 0 Å². The Balaban J connectivity index is 2.22. The van der Waals surface area contributed by atoms with Gasteiger partial charge in [0.15, 0.2) is 24.0 Å². The number of aldehydes is 1. The summed E-state index contributed by atoms with van der Waals surface area (Å²) in [6.07, 6.45) is 1.48. The van der Waals surface area contributed by atoms with Crippen molar-refractivity contribution in [2.45, 2.75) is 25.7 Å². The van der Waals surface area contributed by atoms with E-state index in [-0.39, 0.29) is 35.2 Å². The Bertz CT molecular complexity index is 651.